The van der Waals surface area contributed by atoms with Gasteiger partial charge in [0.15, 0.2) is 11.5 Å². The molecule has 0 saturated carbocycles. The van der Waals surface area contributed by atoms with Crippen LogP contribution in [-0.4, -0.2) is 33.5 Å². The Bertz CT molecular complexity index is 1440. The molecule has 0 bridgehead atoms. The zero-order valence-electron chi connectivity index (χ0n) is 20.8. The summed E-state index contributed by atoms with van der Waals surface area (Å²) in [5.41, 5.74) is 5.51. The molecule has 7 heteroatoms. The number of aryl methyl sites for hydroxylation is 2. The highest BCUT2D eigenvalue weighted by Crippen LogP contribution is 2.22. The summed E-state index contributed by atoms with van der Waals surface area (Å²) >= 11 is 0. The highest BCUT2D eigenvalue weighted by molar-refractivity contribution is 5.79. The standard InChI is InChI=1S/C29H31N5O2/c1-20-10-12-22(13-11-20)18-34-26-25(9-4-14-30-26)32-27(29(34)36)33-15-5-8-24(19-33)28(35)31-17-23-7-3-6-21(2)16-23/h3-4,6-7,9-14,16,24H,5,8,15,17-19H2,1-2H3,(H,31,35)/t24-/m0/s1. The second kappa shape index (κ2) is 10.3. The highest BCUT2D eigenvalue weighted by atomic mass is 16.2. The van der Waals surface area contributed by atoms with Gasteiger partial charge in [-0.2, -0.15) is 0 Å². The van der Waals surface area contributed by atoms with Gasteiger partial charge in [0.1, 0.15) is 5.52 Å². The van der Waals surface area contributed by atoms with Gasteiger partial charge in [0.25, 0.3) is 5.56 Å². The van der Waals surface area contributed by atoms with E-state index in [0.29, 0.717) is 43.2 Å². The van der Waals surface area contributed by atoms with Gasteiger partial charge in [0.05, 0.1) is 12.5 Å². The van der Waals surface area contributed by atoms with E-state index in [1.807, 2.05) is 73.3 Å². The molecular weight excluding hydrogens is 450 g/mol. The van der Waals surface area contributed by atoms with E-state index in [0.717, 1.165) is 24.0 Å². The first-order chi connectivity index (χ1) is 17.5. The van der Waals surface area contributed by atoms with Gasteiger partial charge in [-0.25, -0.2) is 9.97 Å². The molecule has 1 aliphatic rings. The number of carbonyl (C=O) groups is 1. The van der Waals surface area contributed by atoms with Crippen LogP contribution < -0.4 is 15.8 Å². The molecule has 5 rings (SSSR count). The lowest BCUT2D eigenvalue weighted by atomic mass is 9.97. The number of piperidine rings is 1. The molecule has 7 nitrogen and oxygen atoms in total. The molecule has 1 fully saturated rings. The van der Waals surface area contributed by atoms with Crippen LogP contribution in [-0.2, 0) is 17.9 Å². The van der Waals surface area contributed by atoms with Crippen LogP contribution in [0.3, 0.4) is 0 Å². The summed E-state index contributed by atoms with van der Waals surface area (Å²) in [7, 11) is 0. The van der Waals surface area contributed by atoms with Crippen molar-refractivity contribution in [2.45, 2.75) is 39.8 Å². The fourth-order valence-electron chi connectivity index (χ4n) is 4.83. The lowest BCUT2D eigenvalue weighted by Gasteiger charge is -2.32. The van der Waals surface area contributed by atoms with Crippen LogP contribution in [0.2, 0.25) is 0 Å². The van der Waals surface area contributed by atoms with E-state index in [-0.39, 0.29) is 17.4 Å². The number of nitrogens with zero attached hydrogens (tertiary/aromatic N) is 4. The summed E-state index contributed by atoms with van der Waals surface area (Å²) in [5, 5.41) is 3.08. The number of benzene rings is 2. The molecule has 0 spiro atoms. The molecule has 2 aromatic heterocycles. The van der Waals surface area contributed by atoms with Gasteiger partial charge >= 0.3 is 0 Å². The average molecular weight is 482 g/mol. The smallest absolute Gasteiger partial charge is 0.295 e. The van der Waals surface area contributed by atoms with Crippen molar-refractivity contribution in [3.8, 4) is 0 Å². The molecule has 1 amide bonds. The second-order valence-corrected chi connectivity index (χ2v) is 9.65. The minimum Gasteiger partial charge on any atom is -0.352 e. The first kappa shape index (κ1) is 23.7. The monoisotopic (exact) mass is 481 g/mol. The Hall–Kier alpha value is -4.00. The van der Waals surface area contributed by atoms with E-state index >= 15 is 0 Å². The number of carbonyl (C=O) groups excluding carboxylic acids is 1. The van der Waals surface area contributed by atoms with Crippen molar-refractivity contribution in [2.75, 3.05) is 18.0 Å². The van der Waals surface area contributed by atoms with Crippen molar-refractivity contribution in [3.63, 3.8) is 0 Å². The molecular formula is C29H31N5O2. The maximum atomic E-state index is 13.7. The third kappa shape index (κ3) is 5.15. The Morgan fingerprint density at radius 2 is 1.86 bits per heavy atom. The van der Waals surface area contributed by atoms with Crippen LogP contribution in [0.1, 0.15) is 35.1 Å². The number of rotatable bonds is 6. The molecule has 0 radical (unpaired) electrons. The van der Waals surface area contributed by atoms with E-state index in [9.17, 15) is 9.59 Å². The predicted octanol–water partition coefficient (Wildman–Crippen LogP) is 3.99. The molecule has 1 saturated heterocycles. The van der Waals surface area contributed by atoms with E-state index in [4.69, 9.17) is 4.98 Å². The Morgan fingerprint density at radius 3 is 2.67 bits per heavy atom. The zero-order chi connectivity index (χ0) is 25.1. The van der Waals surface area contributed by atoms with Crippen molar-refractivity contribution >= 4 is 22.9 Å². The summed E-state index contributed by atoms with van der Waals surface area (Å²) in [6.45, 7) is 6.17. The number of hydrogen-bond donors (Lipinski definition) is 1. The molecule has 36 heavy (non-hydrogen) atoms. The van der Waals surface area contributed by atoms with Gasteiger partial charge in [-0.1, -0.05) is 59.7 Å². The molecule has 4 aromatic rings. The van der Waals surface area contributed by atoms with Crippen LogP contribution in [0, 0.1) is 19.8 Å². The molecule has 1 atom stereocenters. The lowest BCUT2D eigenvalue weighted by Crippen LogP contribution is -2.45. The summed E-state index contributed by atoms with van der Waals surface area (Å²) in [4.78, 5) is 37.9. The van der Waals surface area contributed by atoms with Gasteiger partial charge in [0, 0.05) is 25.8 Å². The number of aromatic nitrogens is 3. The van der Waals surface area contributed by atoms with Crippen molar-refractivity contribution in [1.29, 1.82) is 0 Å². The zero-order valence-corrected chi connectivity index (χ0v) is 20.8. The summed E-state index contributed by atoms with van der Waals surface area (Å²) in [5.74, 6) is 0.211. The Balaban J connectivity index is 1.39. The number of fused-ring (bicyclic) bond motifs is 1. The number of amides is 1. The molecule has 0 aliphatic carbocycles. The van der Waals surface area contributed by atoms with E-state index in [1.54, 1.807) is 10.8 Å². The Labute approximate surface area is 210 Å². The van der Waals surface area contributed by atoms with Crippen LogP contribution in [0.4, 0.5) is 5.82 Å². The van der Waals surface area contributed by atoms with Gasteiger partial charge < -0.3 is 10.2 Å². The first-order valence-corrected chi connectivity index (χ1v) is 12.5. The lowest BCUT2D eigenvalue weighted by molar-refractivity contribution is -0.125. The molecule has 1 N–H and O–H groups in total. The fraction of sp³-hybridized carbons (Fsp3) is 0.310. The summed E-state index contributed by atoms with van der Waals surface area (Å²) < 4.78 is 1.70. The first-order valence-electron chi connectivity index (χ1n) is 12.5. The molecule has 2 aromatic carbocycles. The fourth-order valence-corrected chi connectivity index (χ4v) is 4.83. The normalized spacial score (nSPS) is 15.7. The molecule has 1 aliphatic heterocycles. The van der Waals surface area contributed by atoms with Gasteiger partial charge in [-0.3, -0.25) is 14.2 Å². The molecule has 0 unspecified atom stereocenters. The maximum Gasteiger partial charge on any atom is 0.295 e. The van der Waals surface area contributed by atoms with Crippen molar-refractivity contribution < 1.29 is 4.79 Å². The summed E-state index contributed by atoms with van der Waals surface area (Å²) in [6, 6.07) is 20.0. The topological polar surface area (TPSA) is 80.1 Å². The third-order valence-corrected chi connectivity index (χ3v) is 6.79. The van der Waals surface area contributed by atoms with Gasteiger partial charge in [-0.05, 0) is 49.9 Å². The highest BCUT2D eigenvalue weighted by Gasteiger charge is 2.28. The predicted molar refractivity (Wildman–Crippen MR) is 142 cm³/mol. The molecule has 3 heterocycles. The van der Waals surface area contributed by atoms with E-state index < -0.39 is 0 Å². The Morgan fingerprint density at radius 1 is 1.03 bits per heavy atom. The van der Waals surface area contributed by atoms with Crippen LogP contribution in [0.15, 0.2) is 71.7 Å². The number of nitrogens with one attached hydrogen (secondary N) is 1. The summed E-state index contributed by atoms with van der Waals surface area (Å²) in [6.07, 6.45) is 3.31. The van der Waals surface area contributed by atoms with Crippen LogP contribution in [0.25, 0.3) is 11.2 Å². The molecule has 184 valence electrons. The van der Waals surface area contributed by atoms with Crippen LogP contribution >= 0.6 is 0 Å². The van der Waals surface area contributed by atoms with E-state index in [1.165, 1.54) is 11.1 Å². The minimum atomic E-state index is -0.195. The second-order valence-electron chi connectivity index (χ2n) is 9.65. The minimum absolute atomic E-state index is 0.0173. The maximum absolute atomic E-state index is 13.7. The number of anilines is 1. The van der Waals surface area contributed by atoms with Gasteiger partial charge in [-0.15, -0.1) is 0 Å². The Kier molecular flexibility index (Phi) is 6.80. The van der Waals surface area contributed by atoms with Gasteiger partial charge in [0.2, 0.25) is 5.91 Å². The largest absolute Gasteiger partial charge is 0.352 e. The number of pyridine rings is 1. The van der Waals surface area contributed by atoms with Crippen LogP contribution in [0.5, 0.6) is 0 Å². The average Bonchev–Trinajstić information content (AvgIpc) is 2.90. The number of hydrogen-bond acceptors (Lipinski definition) is 5. The quantitative estimate of drug-likeness (QED) is 0.451. The van der Waals surface area contributed by atoms with Crippen molar-refractivity contribution in [3.05, 3.63) is 99.5 Å². The van der Waals surface area contributed by atoms with Crippen molar-refractivity contribution in [2.24, 2.45) is 5.92 Å². The van der Waals surface area contributed by atoms with Crippen molar-refractivity contribution in [1.82, 2.24) is 19.9 Å². The third-order valence-electron chi connectivity index (χ3n) is 6.79. The van der Waals surface area contributed by atoms with E-state index in [2.05, 4.69) is 16.4 Å². The SMILES string of the molecule is Cc1ccc(Cn2c(=O)c(N3CCC[C@H](C(=O)NCc4cccc(C)c4)C3)nc3cccnc32)cc1.